The van der Waals surface area contributed by atoms with Crippen molar-refractivity contribution >= 4 is 22.8 Å². The maximum atomic E-state index is 12.8. The highest BCUT2D eigenvalue weighted by Gasteiger charge is 2.18. The van der Waals surface area contributed by atoms with Gasteiger partial charge in [-0.2, -0.15) is 0 Å². The number of fused-ring (bicyclic) bond motifs is 1. The van der Waals surface area contributed by atoms with Crippen LogP contribution >= 0.6 is 0 Å². The molecule has 4 rings (SSSR count). The van der Waals surface area contributed by atoms with Crippen LogP contribution in [-0.4, -0.2) is 59.1 Å². The molecule has 0 bridgehead atoms. The first-order valence-corrected chi connectivity index (χ1v) is 11.9. The predicted octanol–water partition coefficient (Wildman–Crippen LogP) is 3.56. The quantitative estimate of drug-likeness (QED) is 0.523. The van der Waals surface area contributed by atoms with E-state index < -0.39 is 0 Å². The Morgan fingerprint density at radius 2 is 1.82 bits per heavy atom. The molecule has 1 saturated heterocycles. The van der Waals surface area contributed by atoms with Crippen LogP contribution in [0, 0.1) is 6.92 Å². The molecule has 0 aliphatic carbocycles. The highest BCUT2D eigenvalue weighted by Crippen LogP contribution is 2.29. The van der Waals surface area contributed by atoms with Crippen LogP contribution in [0.3, 0.4) is 0 Å². The molecular formula is C26H32N4O4. The fourth-order valence-electron chi connectivity index (χ4n) is 4.27. The van der Waals surface area contributed by atoms with Crippen molar-refractivity contribution < 1.29 is 19.1 Å². The van der Waals surface area contributed by atoms with Crippen molar-refractivity contribution in [3.63, 3.8) is 0 Å². The second-order valence-electron chi connectivity index (χ2n) is 8.38. The van der Waals surface area contributed by atoms with E-state index in [-0.39, 0.29) is 18.4 Å². The highest BCUT2D eigenvalue weighted by molar-refractivity contribution is 5.95. The summed E-state index contributed by atoms with van der Waals surface area (Å²) in [6.45, 7) is 6.88. The van der Waals surface area contributed by atoms with Gasteiger partial charge in [0, 0.05) is 31.7 Å². The minimum absolute atomic E-state index is 0.0220. The maximum Gasteiger partial charge on any atom is 0.260 e. The van der Waals surface area contributed by atoms with E-state index in [1.807, 2.05) is 43.0 Å². The van der Waals surface area contributed by atoms with Gasteiger partial charge in [0.15, 0.2) is 18.1 Å². The average molecular weight is 465 g/mol. The van der Waals surface area contributed by atoms with Gasteiger partial charge in [-0.15, -0.1) is 0 Å². The van der Waals surface area contributed by atoms with Gasteiger partial charge >= 0.3 is 0 Å². The number of nitrogens with one attached hydrogen (secondary N) is 1. The van der Waals surface area contributed by atoms with E-state index >= 15 is 0 Å². The molecule has 8 nitrogen and oxygen atoms in total. The van der Waals surface area contributed by atoms with Gasteiger partial charge in [0.2, 0.25) is 0 Å². The van der Waals surface area contributed by atoms with Gasteiger partial charge in [0.05, 0.1) is 17.6 Å². The minimum Gasteiger partial charge on any atom is -0.490 e. The number of hydrogen-bond donors (Lipinski definition) is 1. The lowest BCUT2D eigenvalue weighted by Gasteiger charge is -2.26. The molecule has 180 valence electrons. The summed E-state index contributed by atoms with van der Waals surface area (Å²) >= 11 is 0. The number of imidazole rings is 1. The standard InChI is InChI=1S/C26H32N4O4/c1-3-33-24-17-20(11-12-23(24)34-18-25(31)29-14-7-4-8-15-29)26(32)27-13-16-30-19(2)28-21-9-5-6-10-22(21)30/h5-6,9-12,17H,3-4,7-8,13-16,18H2,1-2H3,(H,27,32). The summed E-state index contributed by atoms with van der Waals surface area (Å²) in [6, 6.07) is 13.0. The Balaban J connectivity index is 1.36. The summed E-state index contributed by atoms with van der Waals surface area (Å²) in [6.07, 6.45) is 3.24. The fourth-order valence-corrected chi connectivity index (χ4v) is 4.27. The number of likely N-dealkylation sites (tertiary alicyclic amines) is 1. The minimum atomic E-state index is -0.195. The third kappa shape index (κ3) is 5.50. The fraction of sp³-hybridized carbons (Fsp3) is 0.423. The Bertz CT molecular complexity index is 1150. The van der Waals surface area contributed by atoms with Crippen LogP contribution in [0.2, 0.25) is 0 Å². The molecule has 1 fully saturated rings. The van der Waals surface area contributed by atoms with Crippen molar-refractivity contribution in [1.29, 1.82) is 0 Å². The van der Waals surface area contributed by atoms with E-state index in [0.717, 1.165) is 42.8 Å². The number of ether oxygens (including phenoxy) is 2. The van der Waals surface area contributed by atoms with Gasteiger partial charge in [0.1, 0.15) is 5.82 Å². The van der Waals surface area contributed by atoms with Crippen LogP contribution < -0.4 is 14.8 Å². The van der Waals surface area contributed by atoms with Gasteiger partial charge in [-0.05, 0) is 63.4 Å². The maximum absolute atomic E-state index is 12.8. The second-order valence-corrected chi connectivity index (χ2v) is 8.38. The molecule has 0 unspecified atom stereocenters. The first kappa shape index (κ1) is 23.6. The molecule has 0 radical (unpaired) electrons. The Morgan fingerprint density at radius 1 is 1.03 bits per heavy atom. The molecule has 0 saturated carbocycles. The number of carbonyl (C=O) groups excluding carboxylic acids is 2. The smallest absolute Gasteiger partial charge is 0.260 e. The molecule has 2 amide bonds. The summed E-state index contributed by atoms with van der Waals surface area (Å²) in [5.41, 5.74) is 2.47. The third-order valence-electron chi connectivity index (χ3n) is 6.03. The molecular weight excluding hydrogens is 432 g/mol. The molecule has 1 N–H and O–H groups in total. The topological polar surface area (TPSA) is 85.7 Å². The summed E-state index contributed by atoms with van der Waals surface area (Å²) in [4.78, 5) is 31.6. The Labute approximate surface area is 199 Å². The number of benzene rings is 2. The molecule has 1 aromatic heterocycles. The van der Waals surface area contributed by atoms with E-state index in [9.17, 15) is 9.59 Å². The molecule has 34 heavy (non-hydrogen) atoms. The van der Waals surface area contributed by atoms with E-state index in [1.165, 1.54) is 6.42 Å². The monoisotopic (exact) mass is 464 g/mol. The molecule has 0 atom stereocenters. The van der Waals surface area contributed by atoms with E-state index in [0.29, 0.717) is 36.8 Å². The van der Waals surface area contributed by atoms with Crippen molar-refractivity contribution in [2.24, 2.45) is 0 Å². The van der Waals surface area contributed by atoms with E-state index in [4.69, 9.17) is 9.47 Å². The SMILES string of the molecule is CCOc1cc(C(=O)NCCn2c(C)nc3ccccc32)ccc1OCC(=O)N1CCCCC1. The van der Waals surface area contributed by atoms with Gasteiger partial charge in [-0.3, -0.25) is 9.59 Å². The van der Waals surface area contributed by atoms with Gasteiger partial charge in [0.25, 0.3) is 11.8 Å². The number of rotatable bonds is 9. The van der Waals surface area contributed by atoms with Crippen LogP contribution in [0.15, 0.2) is 42.5 Å². The average Bonchev–Trinajstić information content (AvgIpc) is 3.18. The number of carbonyl (C=O) groups is 2. The van der Waals surface area contributed by atoms with Crippen LogP contribution in [0.25, 0.3) is 11.0 Å². The predicted molar refractivity (Wildman–Crippen MR) is 130 cm³/mol. The molecule has 2 aromatic carbocycles. The lowest BCUT2D eigenvalue weighted by molar-refractivity contribution is -0.134. The molecule has 1 aliphatic heterocycles. The largest absolute Gasteiger partial charge is 0.490 e. The zero-order chi connectivity index (χ0) is 23.9. The second kappa shape index (κ2) is 11.0. The number of para-hydroxylation sites is 2. The number of aryl methyl sites for hydroxylation is 1. The van der Waals surface area contributed by atoms with E-state index in [1.54, 1.807) is 18.2 Å². The van der Waals surface area contributed by atoms with Crippen molar-refractivity contribution in [3.05, 3.63) is 53.9 Å². The molecule has 1 aliphatic rings. The number of hydrogen-bond acceptors (Lipinski definition) is 5. The molecule has 3 aromatic rings. The van der Waals surface area contributed by atoms with Gasteiger partial charge < -0.3 is 24.3 Å². The summed E-state index contributed by atoms with van der Waals surface area (Å²) in [5, 5.41) is 2.97. The molecule has 8 heteroatoms. The van der Waals surface area contributed by atoms with Crippen molar-refractivity contribution in [1.82, 2.24) is 19.8 Å². The third-order valence-corrected chi connectivity index (χ3v) is 6.03. The summed E-state index contributed by atoms with van der Waals surface area (Å²) in [5.74, 6) is 1.61. The van der Waals surface area contributed by atoms with Crippen LogP contribution in [0.4, 0.5) is 0 Å². The highest BCUT2D eigenvalue weighted by atomic mass is 16.5. The van der Waals surface area contributed by atoms with Crippen LogP contribution in [0.1, 0.15) is 42.4 Å². The number of aromatic nitrogens is 2. The van der Waals surface area contributed by atoms with Crippen molar-refractivity contribution in [3.8, 4) is 11.5 Å². The van der Waals surface area contributed by atoms with Crippen molar-refractivity contribution in [2.75, 3.05) is 32.8 Å². The summed E-state index contributed by atoms with van der Waals surface area (Å²) < 4.78 is 13.6. The first-order chi connectivity index (χ1) is 16.6. The Hall–Kier alpha value is -3.55. The molecule has 2 heterocycles. The van der Waals surface area contributed by atoms with Crippen LogP contribution in [-0.2, 0) is 11.3 Å². The van der Waals surface area contributed by atoms with Crippen molar-refractivity contribution in [2.45, 2.75) is 39.7 Å². The lowest BCUT2D eigenvalue weighted by Crippen LogP contribution is -2.38. The Morgan fingerprint density at radius 3 is 2.62 bits per heavy atom. The number of piperidine rings is 1. The van der Waals surface area contributed by atoms with Gasteiger partial charge in [-0.1, -0.05) is 12.1 Å². The zero-order valence-corrected chi connectivity index (χ0v) is 19.9. The van der Waals surface area contributed by atoms with Gasteiger partial charge in [-0.25, -0.2) is 4.98 Å². The van der Waals surface area contributed by atoms with E-state index in [2.05, 4.69) is 14.9 Å². The summed E-state index contributed by atoms with van der Waals surface area (Å²) in [7, 11) is 0. The normalized spacial score (nSPS) is 13.6. The number of amides is 2. The molecule has 0 spiro atoms. The Kier molecular flexibility index (Phi) is 7.67. The zero-order valence-electron chi connectivity index (χ0n) is 19.9. The number of nitrogens with zero attached hydrogens (tertiary/aromatic N) is 3. The first-order valence-electron chi connectivity index (χ1n) is 11.9. The lowest BCUT2D eigenvalue weighted by atomic mass is 10.1. The van der Waals surface area contributed by atoms with Crippen LogP contribution in [0.5, 0.6) is 11.5 Å².